The predicted molar refractivity (Wildman–Crippen MR) is 68.9 cm³/mol. The molecule has 0 spiro atoms. The van der Waals surface area contributed by atoms with Crippen LogP contribution < -0.4 is 5.73 Å². The Bertz CT molecular complexity index is 608. The molecule has 1 fully saturated rings. The van der Waals surface area contributed by atoms with Crippen LogP contribution in [0, 0.1) is 0 Å². The third kappa shape index (κ3) is 1.64. The summed E-state index contributed by atoms with van der Waals surface area (Å²) in [6.45, 7) is 0. The minimum Gasteiger partial charge on any atom is -0.397 e. The van der Waals surface area contributed by atoms with Gasteiger partial charge in [0.15, 0.2) is 5.60 Å². The Labute approximate surface area is 109 Å². The molecule has 1 aromatic heterocycles. The summed E-state index contributed by atoms with van der Waals surface area (Å²) < 4.78 is 12.8. The van der Waals surface area contributed by atoms with Crippen LogP contribution in [0.25, 0.3) is 10.9 Å². The highest BCUT2D eigenvalue weighted by molar-refractivity contribution is 6.31. The number of hydrogen-bond donors (Lipinski definition) is 1. The number of benzene rings is 1. The number of anilines is 1. The summed E-state index contributed by atoms with van der Waals surface area (Å²) in [5.74, 6) is 0. The van der Waals surface area contributed by atoms with Gasteiger partial charge in [-0.15, -0.1) is 0 Å². The summed E-state index contributed by atoms with van der Waals surface area (Å²) in [7, 11) is 0. The van der Waals surface area contributed by atoms with Crippen molar-refractivity contribution in [3.63, 3.8) is 0 Å². The number of rotatable bonds is 2. The number of fused-ring (bicyclic) bond motifs is 1. The molecule has 1 aliphatic carbocycles. The van der Waals surface area contributed by atoms with Gasteiger partial charge in [0.25, 0.3) is 0 Å². The van der Waals surface area contributed by atoms with Crippen LogP contribution in [0.5, 0.6) is 0 Å². The first-order valence-electron chi connectivity index (χ1n) is 5.81. The van der Waals surface area contributed by atoms with E-state index in [4.69, 9.17) is 17.3 Å². The molecule has 0 bridgehead atoms. The van der Waals surface area contributed by atoms with E-state index in [0.717, 1.165) is 17.3 Å². The lowest BCUT2D eigenvalue weighted by atomic mass is 9.77. The van der Waals surface area contributed by atoms with Crippen molar-refractivity contribution in [1.82, 2.24) is 4.98 Å². The average molecular weight is 267 g/mol. The van der Waals surface area contributed by atoms with Crippen molar-refractivity contribution in [3.05, 3.63) is 35.0 Å². The Morgan fingerprint density at radius 1 is 1.33 bits per heavy atom. The quantitative estimate of drug-likeness (QED) is 0.900. The van der Waals surface area contributed by atoms with Crippen LogP contribution in [-0.4, -0.2) is 4.98 Å². The fourth-order valence-electron chi connectivity index (χ4n) is 2.38. The second-order valence-corrected chi connectivity index (χ2v) is 5.12. The number of nitrogens with two attached hydrogens (primary N) is 1. The van der Waals surface area contributed by atoms with Crippen LogP contribution >= 0.6 is 11.6 Å². The van der Waals surface area contributed by atoms with Crippen molar-refractivity contribution in [2.75, 3.05) is 5.73 Å². The molecular weight excluding hydrogens is 255 g/mol. The van der Waals surface area contributed by atoms with Gasteiger partial charge in [0, 0.05) is 10.4 Å². The maximum atomic E-state index is 12.8. The normalized spacial score (nSPS) is 17.7. The maximum absolute atomic E-state index is 12.8. The van der Waals surface area contributed by atoms with E-state index < -0.39 is 5.60 Å². The molecule has 2 aromatic rings. The Hall–Kier alpha value is -1.39. The van der Waals surface area contributed by atoms with E-state index in [1.807, 2.05) is 0 Å². The summed E-state index contributed by atoms with van der Waals surface area (Å²) in [5, 5.41) is 1.47. The first-order valence-corrected chi connectivity index (χ1v) is 6.18. The van der Waals surface area contributed by atoms with Gasteiger partial charge < -0.3 is 5.73 Å². The van der Waals surface area contributed by atoms with Crippen molar-refractivity contribution < 1.29 is 9.47 Å². The van der Waals surface area contributed by atoms with Gasteiger partial charge in [-0.25, -0.2) is 4.98 Å². The molecule has 3 rings (SSSR count). The number of pyridine rings is 1. The van der Waals surface area contributed by atoms with Gasteiger partial charge in [0.1, 0.15) is 0 Å². The third-order valence-electron chi connectivity index (χ3n) is 3.55. The second kappa shape index (κ2) is 4.07. The Kier molecular flexibility index (Phi) is 2.64. The molecular formula is C13H12ClFN2O. The fraction of sp³-hybridized carbons (Fsp3) is 0.308. The number of halogens is 2. The molecule has 1 saturated carbocycles. The topological polar surface area (TPSA) is 48.1 Å². The zero-order valence-corrected chi connectivity index (χ0v) is 10.4. The molecule has 1 aliphatic rings. The lowest BCUT2D eigenvalue weighted by Crippen LogP contribution is -2.36. The first kappa shape index (κ1) is 11.7. The Balaban J connectivity index is 2.19. The summed E-state index contributed by atoms with van der Waals surface area (Å²) in [5.41, 5.74) is 6.69. The Morgan fingerprint density at radius 2 is 2.11 bits per heavy atom. The Morgan fingerprint density at radius 3 is 2.72 bits per heavy atom. The van der Waals surface area contributed by atoms with Crippen LogP contribution in [0.3, 0.4) is 0 Å². The van der Waals surface area contributed by atoms with Crippen molar-refractivity contribution >= 4 is 28.2 Å². The zero-order chi connectivity index (χ0) is 12.8. The fourth-order valence-corrected chi connectivity index (χ4v) is 2.56. The predicted octanol–water partition coefficient (Wildman–Crippen LogP) is 3.75. The van der Waals surface area contributed by atoms with E-state index in [2.05, 4.69) is 9.93 Å². The van der Waals surface area contributed by atoms with Gasteiger partial charge in [-0.05, 0) is 48.1 Å². The molecule has 0 radical (unpaired) electrons. The lowest BCUT2D eigenvalue weighted by molar-refractivity contribution is -0.273. The van der Waals surface area contributed by atoms with Gasteiger partial charge in [0.05, 0.1) is 16.9 Å². The molecule has 0 saturated heterocycles. The zero-order valence-electron chi connectivity index (χ0n) is 9.62. The highest BCUT2D eigenvalue weighted by Gasteiger charge is 2.44. The van der Waals surface area contributed by atoms with E-state index >= 15 is 0 Å². The minimum atomic E-state index is -0.947. The second-order valence-electron chi connectivity index (χ2n) is 4.69. The van der Waals surface area contributed by atoms with Crippen LogP contribution in [0.4, 0.5) is 10.2 Å². The highest BCUT2D eigenvalue weighted by atomic mass is 35.5. The molecule has 1 aromatic carbocycles. The lowest BCUT2D eigenvalue weighted by Gasteiger charge is -2.37. The maximum Gasteiger partial charge on any atom is 0.153 e. The summed E-state index contributed by atoms with van der Waals surface area (Å²) in [4.78, 5) is 8.58. The molecule has 18 heavy (non-hydrogen) atoms. The summed E-state index contributed by atoms with van der Waals surface area (Å²) in [6.07, 6.45) is 2.14. The molecule has 5 heteroatoms. The summed E-state index contributed by atoms with van der Waals surface area (Å²) in [6, 6.07) is 7.10. The van der Waals surface area contributed by atoms with E-state index in [1.54, 1.807) is 24.3 Å². The number of nitrogens with zero attached hydrogens (tertiary/aromatic N) is 1. The number of hydrogen-bond acceptors (Lipinski definition) is 3. The van der Waals surface area contributed by atoms with Crippen LogP contribution in [0.15, 0.2) is 24.3 Å². The average Bonchev–Trinajstić information content (AvgIpc) is 2.29. The van der Waals surface area contributed by atoms with Gasteiger partial charge in [-0.3, -0.25) is 0 Å². The molecule has 0 amide bonds. The van der Waals surface area contributed by atoms with E-state index in [9.17, 15) is 4.53 Å². The van der Waals surface area contributed by atoms with Crippen molar-refractivity contribution in [2.24, 2.45) is 0 Å². The standard InChI is InChI=1S/C13H12ClFN2O/c14-9-2-3-11-8(6-9)7-10(16)12(17-11)13(18-15)4-1-5-13/h2-3,6-7H,1,4-5,16H2. The molecule has 2 N–H and O–H groups in total. The van der Waals surface area contributed by atoms with Crippen molar-refractivity contribution in [3.8, 4) is 0 Å². The summed E-state index contributed by atoms with van der Waals surface area (Å²) >= 11 is 5.91. The highest BCUT2D eigenvalue weighted by Crippen LogP contribution is 2.46. The van der Waals surface area contributed by atoms with Crippen LogP contribution in [0.1, 0.15) is 25.0 Å². The molecule has 0 unspecified atom stereocenters. The SMILES string of the molecule is Nc1cc2cc(Cl)ccc2nc1C1(OF)CCC1. The molecule has 0 atom stereocenters. The van der Waals surface area contributed by atoms with E-state index in [0.29, 0.717) is 29.2 Å². The smallest absolute Gasteiger partial charge is 0.153 e. The largest absolute Gasteiger partial charge is 0.397 e. The third-order valence-corrected chi connectivity index (χ3v) is 3.78. The van der Waals surface area contributed by atoms with Crippen LogP contribution in [-0.2, 0) is 10.5 Å². The molecule has 1 heterocycles. The van der Waals surface area contributed by atoms with E-state index in [1.165, 1.54) is 0 Å². The molecule has 3 nitrogen and oxygen atoms in total. The monoisotopic (exact) mass is 266 g/mol. The van der Waals surface area contributed by atoms with E-state index in [-0.39, 0.29) is 0 Å². The molecule has 94 valence electrons. The van der Waals surface area contributed by atoms with Gasteiger partial charge >= 0.3 is 0 Å². The van der Waals surface area contributed by atoms with Gasteiger partial charge in [-0.1, -0.05) is 11.6 Å². The van der Waals surface area contributed by atoms with Crippen molar-refractivity contribution in [1.29, 1.82) is 0 Å². The minimum absolute atomic E-state index is 0.446. The van der Waals surface area contributed by atoms with Crippen LogP contribution in [0.2, 0.25) is 5.02 Å². The molecule has 0 aliphatic heterocycles. The number of aromatic nitrogens is 1. The van der Waals surface area contributed by atoms with Gasteiger partial charge in [0.2, 0.25) is 0 Å². The van der Waals surface area contributed by atoms with Crippen molar-refractivity contribution in [2.45, 2.75) is 24.9 Å². The first-order chi connectivity index (χ1) is 8.64. The number of nitrogen functional groups attached to an aromatic ring is 1. The van der Waals surface area contributed by atoms with Gasteiger partial charge in [-0.2, -0.15) is 4.94 Å².